The fourth-order valence-corrected chi connectivity index (χ4v) is 5.14. The topological polar surface area (TPSA) is 29.0 Å². The monoisotopic (exact) mass is 694 g/mol. The summed E-state index contributed by atoms with van der Waals surface area (Å²) in [5.74, 6) is 1.70. The number of rotatable bonds is 5. The molecule has 0 amide bonds. The third kappa shape index (κ3) is 4.81. The number of pyridine rings is 2. The summed E-state index contributed by atoms with van der Waals surface area (Å²) in [6, 6.07) is 52.4. The van der Waals surface area contributed by atoms with Crippen LogP contribution in [0.1, 0.15) is 0 Å². The van der Waals surface area contributed by atoms with E-state index < -0.39 is 0 Å². The van der Waals surface area contributed by atoms with Crippen LogP contribution in [0, 0.1) is 0 Å². The van der Waals surface area contributed by atoms with Crippen molar-refractivity contribution in [2.24, 2.45) is 0 Å². The fraction of sp³-hybridized carbons (Fsp3) is 0. The summed E-state index contributed by atoms with van der Waals surface area (Å²) < 4.78 is 0. The van der Waals surface area contributed by atoms with Gasteiger partial charge in [0.15, 0.2) is 0 Å². The SMILES string of the molecule is [Pt+2].c1ccc(-c2cc3ccccc3c(N(c3ccccc3)c3nc(-c4ccccc4)cc4ccccc34)n2)cc1. The van der Waals surface area contributed by atoms with Crippen LogP contribution in [0.3, 0.4) is 0 Å². The second kappa shape index (κ2) is 11.3. The largest absolute Gasteiger partial charge is 2.00 e. The number of nitrogens with zero attached hydrogens (tertiary/aromatic N) is 3. The first-order valence-electron chi connectivity index (χ1n) is 13.1. The van der Waals surface area contributed by atoms with Gasteiger partial charge in [0.2, 0.25) is 0 Å². The van der Waals surface area contributed by atoms with Crippen molar-refractivity contribution in [2.75, 3.05) is 4.90 Å². The molecule has 192 valence electrons. The summed E-state index contributed by atoms with van der Waals surface area (Å²) in [4.78, 5) is 12.9. The molecular formula is C36H25N3Pt+2. The smallest absolute Gasteiger partial charge is 0.278 e. The maximum absolute atomic E-state index is 5.32. The van der Waals surface area contributed by atoms with Crippen LogP contribution in [-0.2, 0) is 21.1 Å². The Morgan fingerprint density at radius 3 is 1.23 bits per heavy atom. The summed E-state index contributed by atoms with van der Waals surface area (Å²) >= 11 is 0. The quantitative estimate of drug-likeness (QED) is 0.180. The van der Waals surface area contributed by atoms with Crippen LogP contribution in [-0.4, -0.2) is 9.97 Å². The number of benzene rings is 5. The molecule has 0 spiro atoms. The van der Waals surface area contributed by atoms with E-state index in [1.165, 1.54) is 0 Å². The molecule has 0 fully saturated rings. The Bertz CT molecular complexity index is 1780. The first kappa shape index (κ1) is 25.7. The van der Waals surface area contributed by atoms with Gasteiger partial charge < -0.3 is 0 Å². The van der Waals surface area contributed by atoms with Crippen LogP contribution < -0.4 is 4.90 Å². The maximum atomic E-state index is 5.32. The van der Waals surface area contributed by atoms with Crippen molar-refractivity contribution in [1.29, 1.82) is 0 Å². The van der Waals surface area contributed by atoms with Crippen LogP contribution in [0.15, 0.2) is 152 Å². The van der Waals surface area contributed by atoms with Crippen LogP contribution in [0.4, 0.5) is 17.3 Å². The minimum absolute atomic E-state index is 0. The zero-order valence-corrected chi connectivity index (χ0v) is 23.9. The number of para-hydroxylation sites is 1. The second-order valence-corrected chi connectivity index (χ2v) is 9.51. The summed E-state index contributed by atoms with van der Waals surface area (Å²) in [7, 11) is 0. The Kier molecular flexibility index (Phi) is 7.23. The Morgan fingerprint density at radius 1 is 0.400 bits per heavy atom. The van der Waals surface area contributed by atoms with Gasteiger partial charge in [-0.25, -0.2) is 9.97 Å². The Labute approximate surface area is 248 Å². The predicted octanol–water partition coefficient (Wildman–Crippen LogP) is 9.58. The van der Waals surface area contributed by atoms with Crippen molar-refractivity contribution in [3.63, 3.8) is 0 Å². The van der Waals surface area contributed by atoms with Crippen molar-refractivity contribution in [3.8, 4) is 22.5 Å². The van der Waals surface area contributed by atoms with Crippen LogP contribution in [0.5, 0.6) is 0 Å². The molecule has 5 aromatic carbocycles. The molecule has 0 bridgehead atoms. The summed E-state index contributed by atoms with van der Waals surface area (Å²) in [5, 5.41) is 4.39. The molecule has 0 aliphatic rings. The first-order chi connectivity index (χ1) is 19.3. The summed E-state index contributed by atoms with van der Waals surface area (Å²) in [5.41, 5.74) is 5.01. The standard InChI is InChI=1S/C36H25N3.Pt/c1-4-14-26(15-5-1)33-24-28-18-10-12-22-31(28)35(37-33)39(30-20-8-3-9-21-30)36-32-23-13-11-19-29(32)25-34(38-36)27-16-6-2-7-17-27;/h1-25H;/q;+2. The number of hydrogen-bond donors (Lipinski definition) is 0. The molecule has 0 atom stereocenters. The molecule has 2 heterocycles. The molecular weight excluding hydrogens is 669 g/mol. The van der Waals surface area contributed by atoms with Gasteiger partial charge in [-0.2, -0.15) is 0 Å². The van der Waals surface area contributed by atoms with E-state index in [4.69, 9.17) is 9.97 Å². The van der Waals surface area contributed by atoms with E-state index in [0.717, 1.165) is 61.4 Å². The second-order valence-electron chi connectivity index (χ2n) is 9.51. The molecule has 3 nitrogen and oxygen atoms in total. The van der Waals surface area contributed by atoms with Crippen molar-refractivity contribution >= 4 is 38.9 Å². The zero-order valence-electron chi connectivity index (χ0n) is 21.6. The van der Waals surface area contributed by atoms with E-state index >= 15 is 0 Å². The normalized spacial score (nSPS) is 10.8. The Balaban J connectivity index is 0.00000289. The number of fused-ring (bicyclic) bond motifs is 2. The Morgan fingerprint density at radius 2 is 0.775 bits per heavy atom. The third-order valence-electron chi connectivity index (χ3n) is 7.02. The molecule has 2 aromatic heterocycles. The van der Waals surface area contributed by atoms with E-state index in [1.54, 1.807) is 0 Å². The number of anilines is 3. The van der Waals surface area contributed by atoms with E-state index in [9.17, 15) is 0 Å². The van der Waals surface area contributed by atoms with Crippen molar-refractivity contribution in [3.05, 3.63) is 152 Å². The van der Waals surface area contributed by atoms with Crippen molar-refractivity contribution in [1.82, 2.24) is 9.97 Å². The van der Waals surface area contributed by atoms with Gasteiger partial charge in [-0.15, -0.1) is 0 Å². The van der Waals surface area contributed by atoms with Gasteiger partial charge in [0, 0.05) is 27.6 Å². The predicted molar refractivity (Wildman–Crippen MR) is 163 cm³/mol. The Hall–Kier alpha value is -4.59. The van der Waals surface area contributed by atoms with Gasteiger partial charge >= 0.3 is 21.1 Å². The molecule has 0 saturated carbocycles. The summed E-state index contributed by atoms with van der Waals surface area (Å²) in [6.07, 6.45) is 0. The van der Waals surface area contributed by atoms with Crippen molar-refractivity contribution < 1.29 is 21.1 Å². The third-order valence-corrected chi connectivity index (χ3v) is 7.02. The first-order valence-corrected chi connectivity index (χ1v) is 13.1. The van der Waals surface area contributed by atoms with E-state index in [2.05, 4.69) is 138 Å². The van der Waals surface area contributed by atoms with E-state index in [0.29, 0.717) is 0 Å². The molecule has 7 rings (SSSR count). The van der Waals surface area contributed by atoms with Gasteiger partial charge in [-0.1, -0.05) is 127 Å². The number of hydrogen-bond acceptors (Lipinski definition) is 3. The molecule has 40 heavy (non-hydrogen) atoms. The van der Waals surface area contributed by atoms with E-state index in [1.807, 2.05) is 18.2 Å². The van der Waals surface area contributed by atoms with Crippen LogP contribution in [0.2, 0.25) is 0 Å². The van der Waals surface area contributed by atoms with Crippen LogP contribution in [0.25, 0.3) is 44.1 Å². The molecule has 0 unspecified atom stereocenters. The fourth-order valence-electron chi connectivity index (χ4n) is 5.14. The molecule has 0 aliphatic heterocycles. The van der Waals surface area contributed by atoms with Crippen LogP contribution >= 0.6 is 0 Å². The van der Waals surface area contributed by atoms with Gasteiger partial charge in [0.1, 0.15) is 11.6 Å². The molecule has 0 N–H and O–H groups in total. The molecule has 0 aliphatic carbocycles. The number of aromatic nitrogens is 2. The molecule has 7 aromatic rings. The minimum atomic E-state index is 0. The van der Waals surface area contributed by atoms with Gasteiger partial charge in [-0.05, 0) is 35.0 Å². The minimum Gasteiger partial charge on any atom is -0.278 e. The maximum Gasteiger partial charge on any atom is 2.00 e. The average molecular weight is 695 g/mol. The van der Waals surface area contributed by atoms with Gasteiger partial charge in [-0.3, -0.25) is 4.90 Å². The van der Waals surface area contributed by atoms with Gasteiger partial charge in [0.05, 0.1) is 11.4 Å². The van der Waals surface area contributed by atoms with Crippen molar-refractivity contribution in [2.45, 2.75) is 0 Å². The summed E-state index contributed by atoms with van der Waals surface area (Å²) in [6.45, 7) is 0. The van der Waals surface area contributed by atoms with E-state index in [-0.39, 0.29) is 21.1 Å². The zero-order chi connectivity index (χ0) is 26.0. The van der Waals surface area contributed by atoms with Gasteiger partial charge in [0.25, 0.3) is 0 Å². The molecule has 4 heteroatoms. The molecule has 0 radical (unpaired) electrons. The molecule has 0 saturated heterocycles. The average Bonchev–Trinajstić information content (AvgIpc) is 3.02.